The molecule has 130 valence electrons. The molecule has 4 heterocycles. The SMILES string of the molecule is O=C(NCc1coc(-c2cccs2)n1)c1cn(C2CCNCC2)nn1. The third kappa shape index (κ3) is 3.62. The number of nitrogens with zero attached hydrogens (tertiary/aromatic N) is 4. The molecule has 8 nitrogen and oxygen atoms in total. The molecule has 0 saturated carbocycles. The second kappa shape index (κ2) is 7.16. The van der Waals surface area contributed by atoms with Gasteiger partial charge in [0.15, 0.2) is 5.69 Å². The first kappa shape index (κ1) is 16.0. The molecule has 0 aromatic carbocycles. The van der Waals surface area contributed by atoms with Crippen molar-refractivity contribution in [1.29, 1.82) is 0 Å². The van der Waals surface area contributed by atoms with Crippen molar-refractivity contribution < 1.29 is 9.21 Å². The molecule has 25 heavy (non-hydrogen) atoms. The summed E-state index contributed by atoms with van der Waals surface area (Å²) in [7, 11) is 0. The van der Waals surface area contributed by atoms with Gasteiger partial charge in [0.05, 0.1) is 29.4 Å². The molecule has 0 bridgehead atoms. The Balaban J connectivity index is 1.35. The fourth-order valence-electron chi connectivity index (χ4n) is 2.79. The van der Waals surface area contributed by atoms with Crippen molar-refractivity contribution in [2.75, 3.05) is 13.1 Å². The fourth-order valence-corrected chi connectivity index (χ4v) is 3.45. The molecule has 1 aliphatic heterocycles. The van der Waals surface area contributed by atoms with Gasteiger partial charge < -0.3 is 15.1 Å². The van der Waals surface area contributed by atoms with E-state index in [2.05, 4.69) is 25.9 Å². The largest absolute Gasteiger partial charge is 0.443 e. The number of piperidine rings is 1. The van der Waals surface area contributed by atoms with Crippen LogP contribution in [0, 0.1) is 0 Å². The molecular formula is C16H18N6O2S. The predicted octanol–water partition coefficient (Wildman–Crippen LogP) is 1.85. The Bertz CT molecular complexity index is 835. The molecule has 1 fully saturated rings. The average molecular weight is 358 g/mol. The van der Waals surface area contributed by atoms with Crippen LogP contribution in [0.5, 0.6) is 0 Å². The van der Waals surface area contributed by atoms with Crippen molar-refractivity contribution in [1.82, 2.24) is 30.6 Å². The van der Waals surface area contributed by atoms with Gasteiger partial charge >= 0.3 is 0 Å². The summed E-state index contributed by atoms with van der Waals surface area (Å²) >= 11 is 1.56. The molecule has 0 atom stereocenters. The zero-order chi connectivity index (χ0) is 17.1. The van der Waals surface area contributed by atoms with Crippen LogP contribution in [0.3, 0.4) is 0 Å². The second-order valence-electron chi connectivity index (χ2n) is 5.87. The highest BCUT2D eigenvalue weighted by atomic mass is 32.1. The van der Waals surface area contributed by atoms with Gasteiger partial charge in [-0.25, -0.2) is 9.67 Å². The number of rotatable bonds is 5. The molecule has 2 N–H and O–H groups in total. The van der Waals surface area contributed by atoms with E-state index in [9.17, 15) is 4.79 Å². The predicted molar refractivity (Wildman–Crippen MR) is 92.1 cm³/mol. The summed E-state index contributed by atoms with van der Waals surface area (Å²) in [6, 6.07) is 4.19. The Morgan fingerprint density at radius 1 is 1.44 bits per heavy atom. The summed E-state index contributed by atoms with van der Waals surface area (Å²) < 4.78 is 7.23. The lowest BCUT2D eigenvalue weighted by molar-refractivity contribution is 0.0945. The van der Waals surface area contributed by atoms with Gasteiger partial charge in [-0.15, -0.1) is 16.4 Å². The van der Waals surface area contributed by atoms with Crippen LogP contribution in [-0.4, -0.2) is 39.0 Å². The van der Waals surface area contributed by atoms with Crippen LogP contribution >= 0.6 is 11.3 Å². The van der Waals surface area contributed by atoms with E-state index in [4.69, 9.17) is 4.42 Å². The Morgan fingerprint density at radius 3 is 3.12 bits per heavy atom. The van der Waals surface area contributed by atoms with Crippen LogP contribution < -0.4 is 10.6 Å². The number of hydrogen-bond donors (Lipinski definition) is 2. The fraction of sp³-hybridized carbons (Fsp3) is 0.375. The summed E-state index contributed by atoms with van der Waals surface area (Å²) in [6.07, 6.45) is 5.26. The maximum atomic E-state index is 12.3. The summed E-state index contributed by atoms with van der Waals surface area (Å²) in [5, 5.41) is 16.2. The second-order valence-corrected chi connectivity index (χ2v) is 6.82. The number of amides is 1. The molecule has 1 saturated heterocycles. The quantitative estimate of drug-likeness (QED) is 0.722. The molecule has 3 aromatic heterocycles. The Labute approximate surface area is 148 Å². The van der Waals surface area contributed by atoms with Gasteiger partial charge in [0, 0.05) is 0 Å². The topological polar surface area (TPSA) is 97.9 Å². The molecule has 1 aliphatic rings. The normalized spacial score (nSPS) is 15.4. The van der Waals surface area contributed by atoms with E-state index in [1.165, 1.54) is 0 Å². The van der Waals surface area contributed by atoms with Crippen LogP contribution in [0.15, 0.2) is 34.4 Å². The summed E-state index contributed by atoms with van der Waals surface area (Å²) in [5.41, 5.74) is 0.989. The Morgan fingerprint density at radius 2 is 2.32 bits per heavy atom. The molecule has 3 aromatic rings. The molecule has 0 spiro atoms. The van der Waals surface area contributed by atoms with E-state index in [1.807, 2.05) is 17.5 Å². The van der Waals surface area contributed by atoms with Gasteiger partial charge in [-0.3, -0.25) is 4.79 Å². The highest BCUT2D eigenvalue weighted by Crippen LogP contribution is 2.23. The number of thiophene rings is 1. The van der Waals surface area contributed by atoms with E-state index < -0.39 is 0 Å². The first-order valence-electron chi connectivity index (χ1n) is 8.18. The van der Waals surface area contributed by atoms with Crippen LogP contribution in [0.2, 0.25) is 0 Å². The van der Waals surface area contributed by atoms with Gasteiger partial charge in [0.2, 0.25) is 5.89 Å². The van der Waals surface area contributed by atoms with Crippen molar-refractivity contribution in [3.8, 4) is 10.8 Å². The number of hydrogen-bond acceptors (Lipinski definition) is 7. The third-order valence-corrected chi connectivity index (χ3v) is 5.00. The van der Waals surface area contributed by atoms with Crippen molar-refractivity contribution in [2.45, 2.75) is 25.4 Å². The minimum absolute atomic E-state index is 0.263. The molecule has 1 amide bonds. The minimum Gasteiger partial charge on any atom is -0.443 e. The van der Waals surface area contributed by atoms with E-state index >= 15 is 0 Å². The van der Waals surface area contributed by atoms with E-state index in [0.717, 1.165) is 30.8 Å². The standard InChI is InChI=1S/C16H18N6O2S/c23-15(13-9-22(21-20-13)12-3-5-17-6-4-12)18-8-11-10-24-16(19-11)14-2-1-7-25-14/h1-2,7,9-10,12,17H,3-6,8H2,(H,18,23). The summed E-state index contributed by atoms with van der Waals surface area (Å²) in [4.78, 5) is 17.6. The number of nitrogens with one attached hydrogen (secondary N) is 2. The molecule has 0 aliphatic carbocycles. The van der Waals surface area contributed by atoms with Crippen LogP contribution in [-0.2, 0) is 6.54 Å². The number of oxazole rings is 1. The third-order valence-electron chi connectivity index (χ3n) is 4.14. The van der Waals surface area contributed by atoms with E-state index in [1.54, 1.807) is 28.5 Å². The highest BCUT2D eigenvalue weighted by molar-refractivity contribution is 7.13. The first-order valence-corrected chi connectivity index (χ1v) is 9.06. The van der Waals surface area contributed by atoms with Gasteiger partial charge in [-0.2, -0.15) is 0 Å². The number of carbonyl (C=O) groups excluding carboxylic acids is 1. The van der Waals surface area contributed by atoms with Crippen LogP contribution in [0.1, 0.15) is 35.1 Å². The average Bonchev–Trinajstić information content (AvgIpc) is 3.41. The highest BCUT2D eigenvalue weighted by Gasteiger charge is 2.19. The molecule has 4 rings (SSSR count). The van der Waals surface area contributed by atoms with Crippen molar-refractivity contribution >= 4 is 17.2 Å². The Hall–Kier alpha value is -2.52. The molecule has 0 radical (unpaired) electrons. The van der Waals surface area contributed by atoms with Crippen molar-refractivity contribution in [2.24, 2.45) is 0 Å². The van der Waals surface area contributed by atoms with Gasteiger partial charge in [-0.05, 0) is 37.4 Å². The van der Waals surface area contributed by atoms with Crippen molar-refractivity contribution in [3.63, 3.8) is 0 Å². The lowest BCUT2D eigenvalue weighted by Crippen LogP contribution is -2.29. The van der Waals surface area contributed by atoms with E-state index in [-0.39, 0.29) is 12.5 Å². The monoisotopic (exact) mass is 358 g/mol. The maximum Gasteiger partial charge on any atom is 0.273 e. The minimum atomic E-state index is -0.263. The van der Waals surface area contributed by atoms with Crippen LogP contribution in [0.4, 0.5) is 0 Å². The number of carbonyl (C=O) groups is 1. The first-order chi connectivity index (χ1) is 12.3. The zero-order valence-electron chi connectivity index (χ0n) is 13.5. The zero-order valence-corrected chi connectivity index (χ0v) is 14.3. The maximum absolute atomic E-state index is 12.3. The Kier molecular flexibility index (Phi) is 4.57. The van der Waals surface area contributed by atoms with Crippen LogP contribution in [0.25, 0.3) is 10.8 Å². The van der Waals surface area contributed by atoms with Gasteiger partial charge in [-0.1, -0.05) is 11.3 Å². The molecule has 9 heteroatoms. The van der Waals surface area contributed by atoms with Gasteiger partial charge in [0.1, 0.15) is 6.26 Å². The lowest BCUT2D eigenvalue weighted by Gasteiger charge is -2.22. The lowest BCUT2D eigenvalue weighted by atomic mass is 10.1. The summed E-state index contributed by atoms with van der Waals surface area (Å²) in [5.74, 6) is 0.303. The van der Waals surface area contributed by atoms with Crippen molar-refractivity contribution in [3.05, 3.63) is 41.4 Å². The smallest absolute Gasteiger partial charge is 0.273 e. The van der Waals surface area contributed by atoms with Gasteiger partial charge in [0.25, 0.3) is 5.91 Å². The summed E-state index contributed by atoms with van der Waals surface area (Å²) in [6.45, 7) is 2.21. The molecule has 0 unspecified atom stereocenters. The number of aromatic nitrogens is 4. The molecular weight excluding hydrogens is 340 g/mol. The van der Waals surface area contributed by atoms with E-state index in [0.29, 0.717) is 23.3 Å².